The van der Waals surface area contributed by atoms with Crippen molar-refractivity contribution in [1.82, 2.24) is 5.32 Å². The summed E-state index contributed by atoms with van der Waals surface area (Å²) in [5, 5.41) is 3.10. The Hall–Kier alpha value is 0.0969. The molecule has 11 heavy (non-hydrogen) atoms. The van der Waals surface area contributed by atoms with Crippen LogP contribution in [-0.2, 0) is 8.85 Å². The Labute approximate surface area is 71.5 Å². The Balaban J connectivity index is 0.000000207. The van der Waals surface area contributed by atoms with E-state index in [4.69, 9.17) is 8.85 Å². The van der Waals surface area contributed by atoms with Crippen molar-refractivity contribution in [2.75, 3.05) is 19.8 Å². The summed E-state index contributed by atoms with van der Waals surface area (Å²) in [6.45, 7) is 8.95. The molecule has 1 aliphatic heterocycles. The highest BCUT2D eigenvalue weighted by Crippen LogP contribution is 1.88. The summed E-state index contributed by atoms with van der Waals surface area (Å²) in [6.07, 6.45) is 0. The van der Waals surface area contributed by atoms with Crippen molar-refractivity contribution >= 4 is 10.0 Å². The maximum atomic E-state index is 4.99. The van der Waals surface area contributed by atoms with Crippen LogP contribution in [0.2, 0.25) is 0 Å². The van der Waals surface area contributed by atoms with E-state index in [1.54, 1.807) is 0 Å². The van der Waals surface area contributed by atoms with Gasteiger partial charge in [-0.25, -0.2) is 0 Å². The lowest BCUT2D eigenvalue weighted by atomic mass is 10.6. The summed E-state index contributed by atoms with van der Waals surface area (Å²) >= 11 is 0. The molecule has 1 N–H and O–H groups in total. The molecule has 1 fully saturated rings. The lowest BCUT2D eigenvalue weighted by molar-refractivity contribution is 0.240. The lowest BCUT2D eigenvalue weighted by Crippen LogP contribution is -2.02. The Kier molecular flexibility index (Phi) is 8.27. The van der Waals surface area contributed by atoms with Crippen molar-refractivity contribution in [1.29, 1.82) is 0 Å². The van der Waals surface area contributed by atoms with Crippen LogP contribution in [0.5, 0.6) is 0 Å². The quantitative estimate of drug-likeness (QED) is 0.374. The molecule has 0 spiro atoms. The van der Waals surface area contributed by atoms with Crippen LogP contribution in [0.1, 0.15) is 20.8 Å². The molecule has 0 aromatic rings. The van der Waals surface area contributed by atoms with Crippen molar-refractivity contribution in [2.45, 2.75) is 26.8 Å². The Morgan fingerprint density at radius 1 is 1.36 bits per heavy atom. The van der Waals surface area contributed by atoms with E-state index in [1.807, 2.05) is 13.8 Å². The molecule has 0 saturated carbocycles. The molecule has 1 heterocycles. The molecular formula is C7H19NO2Si. The first-order valence-electron chi connectivity index (χ1n) is 4.20. The first kappa shape index (κ1) is 11.1. The smallest absolute Gasteiger partial charge is 0.304 e. The van der Waals surface area contributed by atoms with E-state index in [9.17, 15) is 0 Å². The van der Waals surface area contributed by atoms with Crippen LogP contribution < -0.4 is 5.32 Å². The van der Waals surface area contributed by atoms with Gasteiger partial charge in [-0.2, -0.15) is 0 Å². The second kappa shape index (κ2) is 8.20. The third kappa shape index (κ3) is 13.1. The highest BCUT2D eigenvalue weighted by atomic mass is 28.3. The molecule has 1 saturated heterocycles. The van der Waals surface area contributed by atoms with Crippen molar-refractivity contribution < 1.29 is 8.85 Å². The molecule has 0 aliphatic carbocycles. The minimum Gasteiger partial charge on any atom is -0.399 e. The summed E-state index contributed by atoms with van der Waals surface area (Å²) in [4.78, 5) is 0. The molecule has 0 aromatic heterocycles. The predicted octanol–water partition coefficient (Wildman–Crippen LogP) is 0.0363. The number of hydrogen-bond acceptors (Lipinski definition) is 3. The van der Waals surface area contributed by atoms with Crippen LogP contribution in [0.4, 0.5) is 0 Å². The fraction of sp³-hybridized carbons (Fsp3) is 1.00. The van der Waals surface area contributed by atoms with Crippen LogP contribution in [0.25, 0.3) is 0 Å². The standard InChI is InChI=1S/C4H12O2Si.C3H7N/c1-3-5-7-6-4-2;1-3-2-4-3/h3-4,7H2,1-2H3;3-4H,2H2,1H3. The van der Waals surface area contributed by atoms with Gasteiger partial charge in [0, 0.05) is 25.8 Å². The van der Waals surface area contributed by atoms with Gasteiger partial charge in [-0.1, -0.05) is 0 Å². The molecule has 0 bridgehead atoms. The first-order chi connectivity index (χ1) is 5.31. The first-order valence-corrected chi connectivity index (χ1v) is 5.35. The highest BCUT2D eigenvalue weighted by molar-refractivity contribution is 6.17. The van der Waals surface area contributed by atoms with E-state index in [1.165, 1.54) is 6.54 Å². The van der Waals surface area contributed by atoms with Gasteiger partial charge in [0.1, 0.15) is 0 Å². The predicted molar refractivity (Wildman–Crippen MR) is 49.3 cm³/mol. The highest BCUT2D eigenvalue weighted by Gasteiger charge is 2.10. The zero-order valence-corrected chi connectivity index (χ0v) is 9.14. The maximum Gasteiger partial charge on any atom is 0.304 e. The van der Waals surface area contributed by atoms with E-state index in [0.717, 1.165) is 19.3 Å². The normalized spacial score (nSPS) is 20.5. The van der Waals surface area contributed by atoms with Gasteiger partial charge in [0.15, 0.2) is 0 Å². The Bertz CT molecular complexity index is 74.8. The summed E-state index contributed by atoms with van der Waals surface area (Å²) < 4.78 is 9.98. The van der Waals surface area contributed by atoms with E-state index in [2.05, 4.69) is 12.2 Å². The minimum absolute atomic E-state index is 0.589. The van der Waals surface area contributed by atoms with Gasteiger partial charge < -0.3 is 14.2 Å². The third-order valence-electron chi connectivity index (χ3n) is 1.19. The van der Waals surface area contributed by atoms with Crippen LogP contribution in [0.3, 0.4) is 0 Å². The summed E-state index contributed by atoms with van der Waals surface area (Å²) in [5.41, 5.74) is 0. The third-order valence-corrected chi connectivity index (χ3v) is 2.34. The average Bonchev–Trinajstić information content (AvgIpc) is 2.75. The number of nitrogens with one attached hydrogen (secondary N) is 1. The van der Waals surface area contributed by atoms with Gasteiger partial charge >= 0.3 is 10.0 Å². The van der Waals surface area contributed by atoms with Crippen molar-refractivity contribution in [2.24, 2.45) is 0 Å². The molecule has 3 nitrogen and oxygen atoms in total. The average molecular weight is 177 g/mol. The molecule has 1 unspecified atom stereocenters. The monoisotopic (exact) mass is 177 g/mol. The molecule has 1 rings (SSSR count). The zero-order valence-electron chi connectivity index (χ0n) is 7.72. The topological polar surface area (TPSA) is 40.4 Å². The largest absolute Gasteiger partial charge is 0.399 e. The fourth-order valence-electron chi connectivity index (χ4n) is 0.343. The van der Waals surface area contributed by atoms with E-state index in [0.29, 0.717) is 0 Å². The van der Waals surface area contributed by atoms with Gasteiger partial charge in [0.25, 0.3) is 0 Å². The van der Waals surface area contributed by atoms with Gasteiger partial charge in [0.05, 0.1) is 0 Å². The van der Waals surface area contributed by atoms with Crippen molar-refractivity contribution in [3.63, 3.8) is 0 Å². The summed E-state index contributed by atoms with van der Waals surface area (Å²) in [5.74, 6) is 0. The zero-order chi connectivity index (χ0) is 8.53. The van der Waals surface area contributed by atoms with Gasteiger partial charge in [-0.3, -0.25) is 0 Å². The Morgan fingerprint density at radius 2 is 1.73 bits per heavy atom. The second-order valence-electron chi connectivity index (χ2n) is 2.41. The Morgan fingerprint density at radius 3 is 1.91 bits per heavy atom. The lowest BCUT2D eigenvalue weighted by Gasteiger charge is -1.96. The van der Waals surface area contributed by atoms with Crippen LogP contribution in [-0.4, -0.2) is 35.8 Å². The van der Waals surface area contributed by atoms with Crippen LogP contribution >= 0.6 is 0 Å². The fourth-order valence-corrected chi connectivity index (χ4v) is 0.795. The number of hydrogen-bond donors (Lipinski definition) is 1. The van der Waals surface area contributed by atoms with E-state index >= 15 is 0 Å². The second-order valence-corrected chi connectivity index (χ2v) is 3.46. The molecule has 0 amide bonds. The van der Waals surface area contributed by atoms with E-state index in [-0.39, 0.29) is 0 Å². The SMILES string of the molecule is CC1CN1.CCO[SiH2]OCC. The minimum atomic E-state index is -0.589. The molecule has 4 heteroatoms. The van der Waals surface area contributed by atoms with Gasteiger partial charge in [-0.05, 0) is 20.8 Å². The molecular weight excluding hydrogens is 158 g/mol. The molecule has 0 aromatic carbocycles. The van der Waals surface area contributed by atoms with Crippen LogP contribution in [0.15, 0.2) is 0 Å². The molecule has 68 valence electrons. The van der Waals surface area contributed by atoms with Crippen molar-refractivity contribution in [3.8, 4) is 0 Å². The number of rotatable bonds is 4. The van der Waals surface area contributed by atoms with Gasteiger partial charge in [0.2, 0.25) is 0 Å². The molecule has 1 aliphatic rings. The molecule has 0 radical (unpaired) electrons. The molecule has 1 atom stereocenters. The van der Waals surface area contributed by atoms with E-state index < -0.39 is 10.0 Å². The summed E-state index contributed by atoms with van der Waals surface area (Å²) in [6, 6.07) is 0.833. The summed E-state index contributed by atoms with van der Waals surface area (Å²) in [7, 11) is -0.589. The van der Waals surface area contributed by atoms with Gasteiger partial charge in [-0.15, -0.1) is 0 Å². The van der Waals surface area contributed by atoms with Crippen LogP contribution in [0, 0.1) is 0 Å². The van der Waals surface area contributed by atoms with Crippen molar-refractivity contribution in [3.05, 3.63) is 0 Å². The maximum absolute atomic E-state index is 4.99.